The molecule has 5 heteroatoms. The van der Waals surface area contributed by atoms with Gasteiger partial charge in [-0.3, -0.25) is 4.79 Å². The van der Waals surface area contributed by atoms with Crippen LogP contribution in [0.5, 0.6) is 0 Å². The molecule has 0 bridgehead atoms. The fourth-order valence-electron chi connectivity index (χ4n) is 2.41. The van der Waals surface area contributed by atoms with Crippen LogP contribution in [0.3, 0.4) is 0 Å². The first kappa shape index (κ1) is 8.79. The third kappa shape index (κ3) is 0.982. The number of amides is 1. The standard InChI is InChI=1S/C10H11N3O2/c1-5-11-6-3-2-4-10(15)7(6)8(12-5)13-9(10)14/h15H,2-4H2,1H3,(H,11,12,13,14). The lowest BCUT2D eigenvalue weighted by molar-refractivity contribution is -0.135. The molecule has 1 aromatic rings. The topological polar surface area (TPSA) is 75.1 Å². The Labute approximate surface area is 86.6 Å². The van der Waals surface area contributed by atoms with Crippen LogP contribution in [0.2, 0.25) is 0 Å². The van der Waals surface area contributed by atoms with Crippen LogP contribution in [0, 0.1) is 6.92 Å². The van der Waals surface area contributed by atoms with E-state index in [1.165, 1.54) is 0 Å². The van der Waals surface area contributed by atoms with Gasteiger partial charge in [0.15, 0.2) is 5.60 Å². The number of hydrogen-bond acceptors (Lipinski definition) is 4. The second-order valence-electron chi connectivity index (χ2n) is 4.11. The number of aromatic nitrogens is 2. The monoisotopic (exact) mass is 205 g/mol. The molecule has 2 N–H and O–H groups in total. The van der Waals surface area contributed by atoms with Crippen LogP contribution in [-0.4, -0.2) is 21.0 Å². The number of nitrogens with zero attached hydrogens (tertiary/aromatic N) is 2. The molecule has 15 heavy (non-hydrogen) atoms. The first-order valence-corrected chi connectivity index (χ1v) is 5.03. The van der Waals surface area contributed by atoms with Gasteiger partial charge < -0.3 is 10.4 Å². The van der Waals surface area contributed by atoms with Crippen LogP contribution >= 0.6 is 0 Å². The van der Waals surface area contributed by atoms with Gasteiger partial charge in [0, 0.05) is 0 Å². The van der Waals surface area contributed by atoms with Gasteiger partial charge in [0.2, 0.25) is 0 Å². The second kappa shape index (κ2) is 2.55. The Morgan fingerprint density at radius 1 is 1.47 bits per heavy atom. The van der Waals surface area contributed by atoms with E-state index in [1.54, 1.807) is 6.92 Å². The van der Waals surface area contributed by atoms with Crippen LogP contribution in [-0.2, 0) is 16.8 Å². The van der Waals surface area contributed by atoms with E-state index in [0.29, 0.717) is 23.6 Å². The summed E-state index contributed by atoms with van der Waals surface area (Å²) in [5.74, 6) is 0.762. The van der Waals surface area contributed by atoms with Gasteiger partial charge in [0.25, 0.3) is 5.91 Å². The molecule has 1 unspecified atom stereocenters. The molecule has 0 radical (unpaired) electrons. The predicted octanol–water partition coefficient (Wildman–Crippen LogP) is 0.261. The van der Waals surface area contributed by atoms with Crippen LogP contribution in [0.4, 0.5) is 5.82 Å². The van der Waals surface area contributed by atoms with Gasteiger partial charge in [0.1, 0.15) is 11.6 Å². The van der Waals surface area contributed by atoms with Gasteiger partial charge >= 0.3 is 0 Å². The molecule has 0 spiro atoms. The molecule has 1 aliphatic carbocycles. The lowest BCUT2D eigenvalue weighted by atomic mass is 9.83. The Bertz CT molecular complexity index is 472. The van der Waals surface area contributed by atoms with Crippen molar-refractivity contribution in [2.75, 3.05) is 5.32 Å². The fourth-order valence-corrected chi connectivity index (χ4v) is 2.41. The highest BCUT2D eigenvalue weighted by Crippen LogP contribution is 2.43. The first-order valence-electron chi connectivity index (χ1n) is 5.03. The van der Waals surface area contributed by atoms with E-state index in [4.69, 9.17) is 0 Å². The third-order valence-corrected chi connectivity index (χ3v) is 3.07. The fraction of sp³-hybridized carbons (Fsp3) is 0.500. The zero-order valence-electron chi connectivity index (χ0n) is 8.37. The van der Waals surface area contributed by atoms with Gasteiger partial charge in [-0.25, -0.2) is 9.97 Å². The number of aliphatic hydroxyl groups is 1. The summed E-state index contributed by atoms with van der Waals surface area (Å²) < 4.78 is 0. The van der Waals surface area contributed by atoms with Crippen LogP contribution < -0.4 is 5.32 Å². The normalized spacial score (nSPS) is 27.5. The molecule has 0 saturated heterocycles. The first-order chi connectivity index (χ1) is 7.11. The Morgan fingerprint density at radius 3 is 3.07 bits per heavy atom. The van der Waals surface area contributed by atoms with Crippen molar-refractivity contribution >= 4 is 11.7 Å². The zero-order chi connectivity index (χ0) is 10.6. The number of hydrogen-bond donors (Lipinski definition) is 2. The van der Waals surface area contributed by atoms with Crippen LogP contribution in [0.15, 0.2) is 0 Å². The van der Waals surface area contributed by atoms with E-state index in [1.807, 2.05) is 0 Å². The molecule has 0 aromatic carbocycles. The largest absolute Gasteiger partial charge is 0.375 e. The average molecular weight is 205 g/mol. The van der Waals surface area contributed by atoms with Crippen molar-refractivity contribution in [3.8, 4) is 0 Å². The number of rotatable bonds is 0. The Hall–Kier alpha value is -1.49. The van der Waals surface area contributed by atoms with Gasteiger partial charge in [0.05, 0.1) is 11.3 Å². The minimum absolute atomic E-state index is 0.363. The summed E-state index contributed by atoms with van der Waals surface area (Å²) in [4.78, 5) is 20.1. The summed E-state index contributed by atoms with van der Waals surface area (Å²) in [6.07, 6.45) is 2.06. The number of carbonyl (C=O) groups excluding carboxylic acids is 1. The predicted molar refractivity (Wildman–Crippen MR) is 52.2 cm³/mol. The highest BCUT2D eigenvalue weighted by molar-refractivity contribution is 6.04. The molecule has 2 heterocycles. The van der Waals surface area contributed by atoms with Crippen LogP contribution in [0.1, 0.15) is 29.9 Å². The number of carbonyl (C=O) groups is 1. The summed E-state index contributed by atoms with van der Waals surface area (Å²) in [7, 11) is 0. The lowest BCUT2D eigenvalue weighted by Crippen LogP contribution is -2.37. The van der Waals surface area contributed by atoms with Crippen molar-refractivity contribution in [1.29, 1.82) is 0 Å². The van der Waals surface area contributed by atoms with Crippen molar-refractivity contribution in [3.63, 3.8) is 0 Å². The van der Waals surface area contributed by atoms with Crippen molar-refractivity contribution in [3.05, 3.63) is 17.1 Å². The highest BCUT2D eigenvalue weighted by atomic mass is 16.3. The van der Waals surface area contributed by atoms with Crippen LogP contribution in [0.25, 0.3) is 0 Å². The molecule has 78 valence electrons. The molecule has 0 saturated carbocycles. The van der Waals surface area contributed by atoms with Crippen molar-refractivity contribution in [2.24, 2.45) is 0 Å². The molecule has 0 fully saturated rings. The quantitative estimate of drug-likeness (QED) is 0.637. The van der Waals surface area contributed by atoms with E-state index < -0.39 is 5.60 Å². The Balaban J connectivity index is 2.32. The minimum atomic E-state index is -1.38. The smallest absolute Gasteiger partial charge is 0.262 e. The maximum absolute atomic E-state index is 11.7. The molecular formula is C10H11N3O2. The summed E-state index contributed by atoms with van der Waals surface area (Å²) in [5.41, 5.74) is 0.0327. The summed E-state index contributed by atoms with van der Waals surface area (Å²) >= 11 is 0. The molecule has 1 amide bonds. The van der Waals surface area contributed by atoms with Gasteiger partial charge in [-0.2, -0.15) is 0 Å². The molecule has 1 atom stereocenters. The minimum Gasteiger partial charge on any atom is -0.375 e. The Morgan fingerprint density at radius 2 is 2.27 bits per heavy atom. The highest BCUT2D eigenvalue weighted by Gasteiger charge is 2.49. The summed E-state index contributed by atoms with van der Waals surface area (Å²) in [5, 5.41) is 12.9. The molecule has 5 nitrogen and oxygen atoms in total. The SMILES string of the molecule is Cc1nc2c3c(n1)NC(=O)C3(O)CCC2. The van der Waals surface area contributed by atoms with E-state index >= 15 is 0 Å². The summed E-state index contributed by atoms with van der Waals surface area (Å²) in [6, 6.07) is 0. The van der Waals surface area contributed by atoms with E-state index in [9.17, 15) is 9.90 Å². The maximum Gasteiger partial charge on any atom is 0.262 e. The maximum atomic E-state index is 11.7. The summed E-state index contributed by atoms with van der Waals surface area (Å²) in [6.45, 7) is 1.79. The average Bonchev–Trinajstić information content (AvgIpc) is 2.39. The van der Waals surface area contributed by atoms with Crippen molar-refractivity contribution in [2.45, 2.75) is 31.8 Å². The second-order valence-corrected chi connectivity index (χ2v) is 4.11. The van der Waals surface area contributed by atoms with Gasteiger partial charge in [-0.05, 0) is 26.2 Å². The van der Waals surface area contributed by atoms with E-state index in [-0.39, 0.29) is 5.91 Å². The van der Waals surface area contributed by atoms with Gasteiger partial charge in [-0.1, -0.05) is 0 Å². The molecule has 1 aromatic heterocycles. The van der Waals surface area contributed by atoms with E-state index in [0.717, 1.165) is 18.5 Å². The molecule has 1 aliphatic heterocycles. The Kier molecular flexibility index (Phi) is 1.49. The van der Waals surface area contributed by atoms with Crippen molar-refractivity contribution in [1.82, 2.24) is 9.97 Å². The number of anilines is 1. The third-order valence-electron chi connectivity index (χ3n) is 3.07. The zero-order valence-corrected chi connectivity index (χ0v) is 8.37. The molecule has 2 aliphatic rings. The molecular weight excluding hydrogens is 194 g/mol. The van der Waals surface area contributed by atoms with Gasteiger partial charge in [-0.15, -0.1) is 0 Å². The number of nitrogens with one attached hydrogen (secondary N) is 1. The molecule has 3 rings (SSSR count). The van der Waals surface area contributed by atoms with E-state index in [2.05, 4.69) is 15.3 Å². The number of aryl methyl sites for hydroxylation is 2. The van der Waals surface area contributed by atoms with Crippen molar-refractivity contribution < 1.29 is 9.90 Å². The lowest BCUT2D eigenvalue weighted by Gasteiger charge is -2.26.